The van der Waals surface area contributed by atoms with Gasteiger partial charge in [0, 0.05) is 44.5 Å². The molecule has 1 aromatic rings. The molecule has 4 rings (SSSR count). The van der Waals surface area contributed by atoms with Gasteiger partial charge in [-0.15, -0.1) is 0 Å². The van der Waals surface area contributed by atoms with Crippen molar-refractivity contribution in [3.8, 4) is 0 Å². The van der Waals surface area contributed by atoms with Crippen LogP contribution in [0.5, 0.6) is 0 Å². The predicted molar refractivity (Wildman–Crippen MR) is 113 cm³/mol. The number of carbonyl (C=O) groups is 2. The minimum atomic E-state index is -0.452. The topological polar surface area (TPSA) is 90.7 Å². The minimum Gasteiger partial charge on any atom is -0.392 e. The fourth-order valence-electron chi connectivity index (χ4n) is 5.27. The second kappa shape index (κ2) is 9.47. The molecule has 3 heterocycles. The highest BCUT2D eigenvalue weighted by Crippen LogP contribution is 2.28. The first kappa shape index (κ1) is 21.3. The Morgan fingerprint density at radius 2 is 1.90 bits per heavy atom. The number of aliphatic hydroxyl groups is 1. The molecule has 0 spiro atoms. The van der Waals surface area contributed by atoms with Crippen molar-refractivity contribution in [2.45, 2.75) is 89.1 Å². The van der Waals surface area contributed by atoms with Gasteiger partial charge in [0.05, 0.1) is 23.9 Å². The standard InChI is InChI=1S/C22H35N5O3/c1-2-26-14-16(13-23-26)22(30)25-10-8-18(9-11-25)27-15-19(28)12-20(27)21(29)24-17-6-4-3-5-7-17/h13-14,17-20,28H,2-12,15H2,1H3,(H,24,29)/t19-,20+/m1/s1. The quantitative estimate of drug-likeness (QED) is 0.756. The van der Waals surface area contributed by atoms with E-state index in [0.717, 1.165) is 32.2 Å². The van der Waals surface area contributed by atoms with Gasteiger partial charge in [-0.3, -0.25) is 19.2 Å². The van der Waals surface area contributed by atoms with Crippen LogP contribution in [0.4, 0.5) is 0 Å². The third-order valence-corrected chi connectivity index (χ3v) is 7.00. The Hall–Kier alpha value is -1.93. The molecule has 0 radical (unpaired) electrons. The molecule has 2 N–H and O–H groups in total. The average Bonchev–Trinajstić information content (AvgIpc) is 3.41. The van der Waals surface area contributed by atoms with Crippen LogP contribution < -0.4 is 5.32 Å². The summed E-state index contributed by atoms with van der Waals surface area (Å²) in [5.74, 6) is 0.102. The van der Waals surface area contributed by atoms with Gasteiger partial charge in [-0.05, 0) is 39.0 Å². The monoisotopic (exact) mass is 417 g/mol. The van der Waals surface area contributed by atoms with Crippen LogP contribution in [-0.2, 0) is 11.3 Å². The van der Waals surface area contributed by atoms with Crippen molar-refractivity contribution in [3.63, 3.8) is 0 Å². The molecule has 30 heavy (non-hydrogen) atoms. The van der Waals surface area contributed by atoms with Gasteiger partial charge in [-0.1, -0.05) is 19.3 Å². The molecule has 2 amide bonds. The number of hydrogen-bond acceptors (Lipinski definition) is 5. The highest BCUT2D eigenvalue weighted by atomic mass is 16.3. The molecular formula is C22H35N5O3. The van der Waals surface area contributed by atoms with Gasteiger partial charge in [0.2, 0.25) is 5.91 Å². The van der Waals surface area contributed by atoms with Crippen LogP contribution >= 0.6 is 0 Å². The fraction of sp³-hybridized carbons (Fsp3) is 0.773. The highest BCUT2D eigenvalue weighted by Gasteiger charge is 2.41. The van der Waals surface area contributed by atoms with E-state index in [1.165, 1.54) is 19.3 Å². The van der Waals surface area contributed by atoms with Crippen LogP contribution in [0.2, 0.25) is 0 Å². The Labute approximate surface area is 178 Å². The van der Waals surface area contributed by atoms with Crippen LogP contribution in [-0.4, -0.2) is 80.4 Å². The number of amides is 2. The Kier molecular flexibility index (Phi) is 6.73. The molecular weight excluding hydrogens is 382 g/mol. The van der Waals surface area contributed by atoms with E-state index in [2.05, 4.69) is 15.3 Å². The van der Waals surface area contributed by atoms with E-state index in [-0.39, 0.29) is 29.9 Å². The Balaban J connectivity index is 1.33. The number of nitrogens with one attached hydrogen (secondary N) is 1. The molecule has 0 bridgehead atoms. The van der Waals surface area contributed by atoms with Gasteiger partial charge >= 0.3 is 0 Å². The number of piperidine rings is 1. The summed E-state index contributed by atoms with van der Waals surface area (Å²) in [6.07, 6.45) is 10.9. The van der Waals surface area contributed by atoms with Crippen molar-refractivity contribution in [2.24, 2.45) is 0 Å². The summed E-state index contributed by atoms with van der Waals surface area (Å²) in [4.78, 5) is 29.8. The number of aryl methyl sites for hydroxylation is 1. The van der Waals surface area contributed by atoms with E-state index < -0.39 is 6.10 Å². The number of aliphatic hydroxyl groups excluding tert-OH is 1. The lowest BCUT2D eigenvalue weighted by molar-refractivity contribution is -0.127. The summed E-state index contributed by atoms with van der Waals surface area (Å²) in [5, 5.41) is 17.7. The Morgan fingerprint density at radius 3 is 2.57 bits per heavy atom. The Bertz CT molecular complexity index is 737. The maximum absolute atomic E-state index is 13.0. The maximum Gasteiger partial charge on any atom is 0.257 e. The van der Waals surface area contributed by atoms with Crippen LogP contribution in [0, 0.1) is 0 Å². The lowest BCUT2D eigenvalue weighted by atomic mass is 9.95. The first-order valence-corrected chi connectivity index (χ1v) is 11.6. The van der Waals surface area contributed by atoms with E-state index in [9.17, 15) is 14.7 Å². The second-order valence-electron chi connectivity index (χ2n) is 9.05. The molecule has 1 aromatic heterocycles. The molecule has 0 aromatic carbocycles. The number of β-amino-alcohol motifs (C(OH)–C–C–N with tert-alkyl or cyclic N) is 1. The van der Waals surface area contributed by atoms with Gasteiger partial charge in [0.1, 0.15) is 0 Å². The van der Waals surface area contributed by atoms with Crippen molar-refractivity contribution < 1.29 is 14.7 Å². The van der Waals surface area contributed by atoms with Gasteiger partial charge < -0.3 is 15.3 Å². The molecule has 2 aliphatic heterocycles. The van der Waals surface area contributed by atoms with Crippen LogP contribution in [0.25, 0.3) is 0 Å². The van der Waals surface area contributed by atoms with Crippen molar-refractivity contribution in [1.29, 1.82) is 0 Å². The Morgan fingerprint density at radius 1 is 1.17 bits per heavy atom. The normalized spacial score (nSPS) is 26.8. The second-order valence-corrected chi connectivity index (χ2v) is 9.05. The predicted octanol–water partition coefficient (Wildman–Crippen LogP) is 1.39. The third kappa shape index (κ3) is 4.70. The van der Waals surface area contributed by atoms with Crippen molar-refractivity contribution in [3.05, 3.63) is 18.0 Å². The van der Waals surface area contributed by atoms with E-state index in [1.807, 2.05) is 11.8 Å². The van der Waals surface area contributed by atoms with Crippen molar-refractivity contribution >= 4 is 11.8 Å². The lowest BCUT2D eigenvalue weighted by Crippen LogP contribution is -2.53. The zero-order valence-electron chi connectivity index (χ0n) is 18.0. The average molecular weight is 418 g/mol. The SMILES string of the molecule is CCn1cc(C(=O)N2CCC(N3C[C@H](O)C[C@H]3C(=O)NC3CCCCC3)CC2)cn1. The summed E-state index contributed by atoms with van der Waals surface area (Å²) in [6.45, 7) is 4.63. The summed E-state index contributed by atoms with van der Waals surface area (Å²) in [5.41, 5.74) is 0.636. The summed E-state index contributed by atoms with van der Waals surface area (Å²) in [6, 6.07) is 0.262. The molecule has 0 unspecified atom stereocenters. The van der Waals surface area contributed by atoms with Crippen LogP contribution in [0.3, 0.4) is 0 Å². The summed E-state index contributed by atoms with van der Waals surface area (Å²) in [7, 11) is 0. The number of aromatic nitrogens is 2. The van der Waals surface area contributed by atoms with Gasteiger partial charge in [0.15, 0.2) is 0 Å². The van der Waals surface area contributed by atoms with Crippen molar-refractivity contribution in [2.75, 3.05) is 19.6 Å². The summed E-state index contributed by atoms with van der Waals surface area (Å²) >= 11 is 0. The molecule has 8 nitrogen and oxygen atoms in total. The van der Waals surface area contributed by atoms with Crippen LogP contribution in [0.15, 0.2) is 12.4 Å². The molecule has 1 aliphatic carbocycles. The molecule has 1 saturated carbocycles. The lowest BCUT2D eigenvalue weighted by Gasteiger charge is -2.39. The van der Waals surface area contributed by atoms with E-state index >= 15 is 0 Å². The first-order valence-electron chi connectivity index (χ1n) is 11.6. The van der Waals surface area contributed by atoms with Gasteiger partial charge in [-0.25, -0.2) is 0 Å². The number of carbonyl (C=O) groups excluding carboxylic acids is 2. The fourth-order valence-corrected chi connectivity index (χ4v) is 5.27. The van der Waals surface area contributed by atoms with E-state index in [1.54, 1.807) is 17.1 Å². The minimum absolute atomic E-state index is 0.0289. The molecule has 3 aliphatic rings. The molecule has 166 valence electrons. The third-order valence-electron chi connectivity index (χ3n) is 7.00. The molecule has 2 atom stereocenters. The number of rotatable bonds is 5. The number of nitrogens with zero attached hydrogens (tertiary/aromatic N) is 4. The molecule has 2 saturated heterocycles. The first-order chi connectivity index (χ1) is 14.5. The van der Waals surface area contributed by atoms with E-state index in [0.29, 0.717) is 31.6 Å². The zero-order chi connectivity index (χ0) is 21.1. The van der Waals surface area contributed by atoms with Gasteiger partial charge in [-0.2, -0.15) is 5.10 Å². The van der Waals surface area contributed by atoms with Crippen LogP contribution in [0.1, 0.15) is 68.6 Å². The highest BCUT2D eigenvalue weighted by molar-refractivity contribution is 5.93. The molecule has 8 heteroatoms. The van der Waals surface area contributed by atoms with Crippen molar-refractivity contribution in [1.82, 2.24) is 24.9 Å². The van der Waals surface area contributed by atoms with Gasteiger partial charge in [0.25, 0.3) is 5.91 Å². The van der Waals surface area contributed by atoms with E-state index in [4.69, 9.17) is 0 Å². The smallest absolute Gasteiger partial charge is 0.257 e. The number of likely N-dealkylation sites (tertiary alicyclic amines) is 2. The molecule has 3 fully saturated rings. The zero-order valence-corrected chi connectivity index (χ0v) is 18.0. The summed E-state index contributed by atoms with van der Waals surface area (Å²) < 4.78 is 1.77. The maximum atomic E-state index is 13.0. The largest absolute Gasteiger partial charge is 0.392 e. The number of hydrogen-bond donors (Lipinski definition) is 2.